The molecule has 1 aromatic carbocycles. The van der Waals surface area contributed by atoms with E-state index in [2.05, 4.69) is 29.2 Å². The lowest BCUT2D eigenvalue weighted by Gasteiger charge is -2.54. The minimum atomic E-state index is 0.359. The number of hydrogen-bond donors (Lipinski definition) is 0. The Kier molecular flexibility index (Phi) is 2.90. The molecular weight excluding hydrogens is 270 g/mol. The van der Waals surface area contributed by atoms with Crippen molar-refractivity contribution in [2.24, 2.45) is 29.6 Å². The summed E-state index contributed by atoms with van der Waals surface area (Å²) in [6, 6.07) is 8.65. The van der Waals surface area contributed by atoms with Crippen molar-refractivity contribution in [1.29, 1.82) is 0 Å². The predicted octanol–water partition coefficient (Wildman–Crippen LogP) is 3.64. The molecule has 0 spiro atoms. The molecule has 4 bridgehead atoms. The Balaban J connectivity index is 1.37. The maximum Gasteiger partial charge on any atom is 0.226 e. The summed E-state index contributed by atoms with van der Waals surface area (Å²) in [7, 11) is 0. The number of nitrogens with zero attached hydrogens (tertiary/aromatic N) is 1. The van der Waals surface area contributed by atoms with Crippen LogP contribution in [0.2, 0.25) is 0 Å². The third-order valence-electron chi connectivity index (χ3n) is 6.95. The van der Waals surface area contributed by atoms with Gasteiger partial charge in [-0.2, -0.15) is 0 Å². The Morgan fingerprint density at radius 2 is 1.55 bits per heavy atom. The highest BCUT2D eigenvalue weighted by Crippen LogP contribution is 2.57. The molecule has 116 valence electrons. The molecule has 0 N–H and O–H groups in total. The molecule has 4 fully saturated rings. The monoisotopic (exact) mass is 295 g/mol. The molecule has 0 aromatic heterocycles. The molecular formula is C20H25NO. The maximum absolute atomic E-state index is 13.2. The van der Waals surface area contributed by atoms with E-state index < -0.39 is 0 Å². The molecule has 4 aliphatic carbocycles. The van der Waals surface area contributed by atoms with Gasteiger partial charge in [-0.3, -0.25) is 4.79 Å². The Hall–Kier alpha value is -1.31. The van der Waals surface area contributed by atoms with Gasteiger partial charge in [0.15, 0.2) is 0 Å². The van der Waals surface area contributed by atoms with Gasteiger partial charge in [0.1, 0.15) is 0 Å². The summed E-state index contributed by atoms with van der Waals surface area (Å²) in [6.07, 6.45) is 7.86. The zero-order valence-corrected chi connectivity index (χ0v) is 13.2. The van der Waals surface area contributed by atoms with Crippen molar-refractivity contribution >= 4 is 5.91 Å². The number of rotatable bonds is 1. The van der Waals surface area contributed by atoms with Crippen molar-refractivity contribution in [3.63, 3.8) is 0 Å². The molecule has 1 amide bonds. The van der Waals surface area contributed by atoms with Crippen molar-refractivity contribution in [1.82, 2.24) is 4.90 Å². The number of hydrogen-bond acceptors (Lipinski definition) is 1. The van der Waals surface area contributed by atoms with Gasteiger partial charge in [-0.05, 0) is 73.3 Å². The van der Waals surface area contributed by atoms with E-state index in [0.717, 1.165) is 31.3 Å². The highest BCUT2D eigenvalue weighted by molar-refractivity contribution is 5.80. The molecule has 1 aliphatic heterocycles. The van der Waals surface area contributed by atoms with Gasteiger partial charge in [0.2, 0.25) is 5.91 Å². The molecule has 22 heavy (non-hydrogen) atoms. The topological polar surface area (TPSA) is 20.3 Å². The Morgan fingerprint density at radius 3 is 2.23 bits per heavy atom. The van der Waals surface area contributed by atoms with Crippen LogP contribution >= 0.6 is 0 Å². The summed E-state index contributed by atoms with van der Waals surface area (Å²) in [6.45, 7) is 1.77. The highest BCUT2D eigenvalue weighted by Gasteiger charge is 2.51. The first kappa shape index (κ1) is 13.2. The molecule has 6 rings (SSSR count). The average Bonchev–Trinajstić information content (AvgIpc) is 2.53. The van der Waals surface area contributed by atoms with Crippen LogP contribution in [0.25, 0.3) is 0 Å². The normalized spacial score (nSPS) is 38.9. The van der Waals surface area contributed by atoms with E-state index in [-0.39, 0.29) is 0 Å². The summed E-state index contributed by atoms with van der Waals surface area (Å²) in [5.41, 5.74) is 2.81. The lowest BCUT2D eigenvalue weighted by atomic mass is 9.51. The molecule has 4 saturated carbocycles. The van der Waals surface area contributed by atoms with Gasteiger partial charge in [-0.1, -0.05) is 24.3 Å². The van der Waals surface area contributed by atoms with E-state index in [1.807, 2.05) is 0 Å². The SMILES string of the molecule is O=C(C1C2CC3CC(C2)CC1C3)N1CCc2ccccc2C1. The van der Waals surface area contributed by atoms with E-state index in [0.29, 0.717) is 23.7 Å². The lowest BCUT2D eigenvalue weighted by molar-refractivity contribution is -0.150. The molecule has 0 unspecified atom stereocenters. The van der Waals surface area contributed by atoms with Gasteiger partial charge < -0.3 is 4.90 Å². The van der Waals surface area contributed by atoms with Crippen LogP contribution in [0.15, 0.2) is 24.3 Å². The molecule has 0 saturated heterocycles. The van der Waals surface area contributed by atoms with Crippen molar-refractivity contribution in [3.05, 3.63) is 35.4 Å². The first-order chi connectivity index (χ1) is 10.8. The molecule has 1 aromatic rings. The molecule has 0 atom stereocenters. The van der Waals surface area contributed by atoms with Gasteiger partial charge in [-0.25, -0.2) is 0 Å². The van der Waals surface area contributed by atoms with E-state index >= 15 is 0 Å². The summed E-state index contributed by atoms with van der Waals surface area (Å²) < 4.78 is 0. The summed E-state index contributed by atoms with van der Waals surface area (Å²) in [5, 5.41) is 0. The molecule has 5 aliphatic rings. The van der Waals surface area contributed by atoms with Gasteiger partial charge in [-0.15, -0.1) is 0 Å². The fraction of sp³-hybridized carbons (Fsp3) is 0.650. The Labute approximate surface area is 132 Å². The standard InChI is InChI=1S/C20H25NO/c22-20(21-6-5-15-3-1-2-4-16(15)12-21)19-17-8-13-7-14(10-17)11-18(19)9-13/h1-4,13-14,17-19H,5-12H2. The largest absolute Gasteiger partial charge is 0.338 e. The van der Waals surface area contributed by atoms with Crippen LogP contribution in [0.5, 0.6) is 0 Å². The second kappa shape index (κ2) is 4.84. The molecule has 1 heterocycles. The first-order valence-electron chi connectivity index (χ1n) is 9.13. The smallest absolute Gasteiger partial charge is 0.226 e. The van der Waals surface area contributed by atoms with Crippen LogP contribution in [0.3, 0.4) is 0 Å². The Morgan fingerprint density at radius 1 is 0.909 bits per heavy atom. The van der Waals surface area contributed by atoms with Gasteiger partial charge in [0.05, 0.1) is 0 Å². The van der Waals surface area contributed by atoms with Crippen molar-refractivity contribution < 1.29 is 4.79 Å². The fourth-order valence-electron chi connectivity index (χ4n) is 6.22. The van der Waals surface area contributed by atoms with Crippen molar-refractivity contribution in [2.45, 2.75) is 45.1 Å². The van der Waals surface area contributed by atoms with Crippen LogP contribution in [0.4, 0.5) is 0 Å². The van der Waals surface area contributed by atoms with Crippen molar-refractivity contribution in [3.8, 4) is 0 Å². The number of carbonyl (C=O) groups is 1. The highest BCUT2D eigenvalue weighted by atomic mass is 16.2. The second-order valence-electron chi connectivity index (χ2n) is 8.24. The number of benzene rings is 1. The third kappa shape index (κ3) is 1.96. The third-order valence-corrected chi connectivity index (χ3v) is 6.95. The van der Waals surface area contributed by atoms with Gasteiger partial charge in [0.25, 0.3) is 0 Å². The zero-order chi connectivity index (χ0) is 14.7. The Bertz CT molecular complexity index is 579. The van der Waals surface area contributed by atoms with E-state index in [4.69, 9.17) is 0 Å². The van der Waals surface area contributed by atoms with Crippen LogP contribution in [-0.4, -0.2) is 17.4 Å². The second-order valence-corrected chi connectivity index (χ2v) is 8.24. The van der Waals surface area contributed by atoms with Crippen LogP contribution in [0, 0.1) is 29.6 Å². The zero-order valence-electron chi connectivity index (χ0n) is 13.2. The number of amides is 1. The van der Waals surface area contributed by atoms with E-state index in [1.165, 1.54) is 43.2 Å². The fourth-order valence-corrected chi connectivity index (χ4v) is 6.22. The van der Waals surface area contributed by atoms with Crippen molar-refractivity contribution in [2.75, 3.05) is 6.54 Å². The van der Waals surface area contributed by atoms with Crippen LogP contribution in [-0.2, 0) is 17.8 Å². The maximum atomic E-state index is 13.2. The van der Waals surface area contributed by atoms with Crippen LogP contribution in [0.1, 0.15) is 43.2 Å². The minimum Gasteiger partial charge on any atom is -0.338 e. The quantitative estimate of drug-likeness (QED) is 0.774. The molecule has 0 radical (unpaired) electrons. The molecule has 2 nitrogen and oxygen atoms in total. The number of fused-ring (bicyclic) bond motifs is 1. The van der Waals surface area contributed by atoms with Gasteiger partial charge in [0, 0.05) is 19.0 Å². The van der Waals surface area contributed by atoms with Crippen LogP contribution < -0.4 is 0 Å². The van der Waals surface area contributed by atoms with Gasteiger partial charge >= 0.3 is 0 Å². The summed E-state index contributed by atoms with van der Waals surface area (Å²) >= 11 is 0. The number of carbonyl (C=O) groups excluding carboxylic acids is 1. The van der Waals surface area contributed by atoms with E-state index in [9.17, 15) is 4.79 Å². The van der Waals surface area contributed by atoms with E-state index in [1.54, 1.807) is 0 Å². The summed E-state index contributed by atoms with van der Waals surface area (Å²) in [4.78, 5) is 15.4. The predicted molar refractivity (Wildman–Crippen MR) is 86.1 cm³/mol. The minimum absolute atomic E-state index is 0.359. The summed E-state index contributed by atoms with van der Waals surface area (Å²) in [5.74, 6) is 4.17. The average molecular weight is 295 g/mol. The molecule has 2 heteroatoms. The lowest BCUT2D eigenvalue weighted by Crippen LogP contribution is -2.52. The first-order valence-corrected chi connectivity index (χ1v) is 9.13.